The van der Waals surface area contributed by atoms with Gasteiger partial charge >= 0.3 is 18.2 Å². The Bertz CT molecular complexity index is 1440. The van der Waals surface area contributed by atoms with Gasteiger partial charge in [0.2, 0.25) is 12.1 Å². The van der Waals surface area contributed by atoms with Gasteiger partial charge in [0, 0.05) is 19.2 Å². The summed E-state index contributed by atoms with van der Waals surface area (Å²) in [6.45, 7) is 3.46. The van der Waals surface area contributed by atoms with Gasteiger partial charge in [0.15, 0.2) is 0 Å². The van der Waals surface area contributed by atoms with Crippen LogP contribution in [0.5, 0.6) is 5.88 Å². The Kier molecular flexibility index (Phi) is 10.7. The maximum atomic E-state index is 14.0. The van der Waals surface area contributed by atoms with Crippen LogP contribution in [0.15, 0.2) is 24.4 Å². The first-order valence-electron chi connectivity index (χ1n) is 11.6. The molecule has 4 N–H and O–H groups in total. The summed E-state index contributed by atoms with van der Waals surface area (Å²) in [5.74, 6) is -5.14. The number of carbonyl (C=O) groups excluding carboxylic acids is 1. The first-order valence-corrected chi connectivity index (χ1v) is 11.6. The third-order valence-corrected chi connectivity index (χ3v) is 5.40. The Hall–Kier alpha value is -4.64. The van der Waals surface area contributed by atoms with Crippen molar-refractivity contribution in [1.82, 2.24) is 25.0 Å². The first kappa shape index (κ1) is 33.6. The molecule has 0 aliphatic heterocycles. The molecule has 0 fully saturated rings. The standard InChI is InChI=1S/C22H23F4N5O4.C2HF3O2/c1-11-8-31-17(19(32)27-10-22(3,7-16(25)26)30-21(33)34)12(2)29-18(31)20(28-11)35-9-13-14(23)5-4-6-15(13)24;3-2(4,5)1(6)7/h4-6,8,16,30H,7,9-10H2,1-3H3,(H,27,32)(H,33,34);(H,6,7). The van der Waals surface area contributed by atoms with Crippen molar-refractivity contribution >= 4 is 23.6 Å². The number of carbonyl (C=O) groups is 3. The molecule has 2 heterocycles. The number of rotatable bonds is 9. The molecule has 3 aromatic rings. The number of hydrogen-bond donors (Lipinski definition) is 4. The van der Waals surface area contributed by atoms with Gasteiger partial charge in [0.25, 0.3) is 11.8 Å². The second-order valence-electron chi connectivity index (χ2n) is 8.99. The van der Waals surface area contributed by atoms with Gasteiger partial charge in [-0.25, -0.2) is 37.1 Å². The van der Waals surface area contributed by atoms with Crippen LogP contribution in [0.4, 0.5) is 35.5 Å². The fourth-order valence-corrected chi connectivity index (χ4v) is 3.55. The number of aliphatic carboxylic acids is 1. The molecular formula is C24H24F7N5O6. The van der Waals surface area contributed by atoms with Gasteiger partial charge in [-0.1, -0.05) is 6.07 Å². The Labute approximate surface area is 232 Å². The highest BCUT2D eigenvalue weighted by Gasteiger charge is 2.38. The smallest absolute Gasteiger partial charge is 0.475 e. The van der Waals surface area contributed by atoms with E-state index >= 15 is 0 Å². The van der Waals surface area contributed by atoms with E-state index in [4.69, 9.17) is 19.7 Å². The van der Waals surface area contributed by atoms with Crippen LogP contribution >= 0.6 is 0 Å². The van der Waals surface area contributed by atoms with Crippen LogP contribution < -0.4 is 15.4 Å². The molecule has 1 aromatic carbocycles. The summed E-state index contributed by atoms with van der Waals surface area (Å²) in [4.78, 5) is 41.4. The molecule has 18 heteroatoms. The number of halogens is 7. The predicted molar refractivity (Wildman–Crippen MR) is 129 cm³/mol. The molecule has 0 spiro atoms. The van der Waals surface area contributed by atoms with Crippen molar-refractivity contribution in [2.75, 3.05) is 6.54 Å². The summed E-state index contributed by atoms with van der Waals surface area (Å²) in [7, 11) is 0. The maximum Gasteiger partial charge on any atom is 0.490 e. The molecule has 42 heavy (non-hydrogen) atoms. The van der Waals surface area contributed by atoms with Gasteiger partial charge in [-0.3, -0.25) is 9.20 Å². The first-order chi connectivity index (χ1) is 19.3. The van der Waals surface area contributed by atoms with Gasteiger partial charge in [-0.2, -0.15) is 13.2 Å². The average molecular weight is 611 g/mol. The third-order valence-electron chi connectivity index (χ3n) is 5.40. The zero-order valence-electron chi connectivity index (χ0n) is 22.0. The van der Waals surface area contributed by atoms with Crippen molar-refractivity contribution in [2.24, 2.45) is 0 Å². The van der Waals surface area contributed by atoms with E-state index in [9.17, 15) is 40.3 Å². The van der Waals surface area contributed by atoms with Crippen LogP contribution in [0, 0.1) is 25.5 Å². The van der Waals surface area contributed by atoms with E-state index in [0.29, 0.717) is 5.69 Å². The van der Waals surface area contributed by atoms with Crippen molar-refractivity contribution in [3.8, 4) is 5.88 Å². The minimum Gasteiger partial charge on any atom is -0.475 e. The van der Waals surface area contributed by atoms with E-state index in [1.54, 1.807) is 6.92 Å². The molecule has 1 atom stereocenters. The van der Waals surface area contributed by atoms with Crippen LogP contribution in [0.1, 0.15) is 40.8 Å². The Balaban J connectivity index is 0.000000782. The Morgan fingerprint density at radius 3 is 2.14 bits per heavy atom. The summed E-state index contributed by atoms with van der Waals surface area (Å²) >= 11 is 0. The largest absolute Gasteiger partial charge is 0.490 e. The number of alkyl halides is 5. The highest BCUT2D eigenvalue weighted by Crippen LogP contribution is 2.24. The quantitative estimate of drug-likeness (QED) is 0.262. The van der Waals surface area contributed by atoms with E-state index in [1.165, 1.54) is 30.5 Å². The lowest BCUT2D eigenvalue weighted by Crippen LogP contribution is -2.54. The number of carboxylic acids is 1. The molecule has 0 bridgehead atoms. The molecule has 1 unspecified atom stereocenters. The number of nitrogens with one attached hydrogen (secondary N) is 2. The van der Waals surface area contributed by atoms with E-state index in [2.05, 4.69) is 15.3 Å². The minimum absolute atomic E-state index is 0.0298. The zero-order chi connectivity index (χ0) is 32.0. The van der Waals surface area contributed by atoms with Gasteiger partial charge in [-0.15, -0.1) is 0 Å². The fourth-order valence-electron chi connectivity index (χ4n) is 3.55. The average Bonchev–Trinajstić information content (AvgIpc) is 3.16. The van der Waals surface area contributed by atoms with Crippen LogP contribution in [0.2, 0.25) is 0 Å². The number of aromatic nitrogens is 3. The zero-order valence-corrected chi connectivity index (χ0v) is 22.0. The molecule has 0 aliphatic carbocycles. The molecule has 0 saturated carbocycles. The van der Waals surface area contributed by atoms with E-state index in [1.807, 2.05) is 5.32 Å². The highest BCUT2D eigenvalue weighted by molar-refractivity contribution is 5.95. The van der Waals surface area contributed by atoms with Gasteiger partial charge < -0.3 is 25.6 Å². The number of nitrogens with zero attached hydrogens (tertiary/aromatic N) is 3. The molecule has 2 aromatic heterocycles. The van der Waals surface area contributed by atoms with E-state index in [0.717, 1.165) is 12.1 Å². The van der Waals surface area contributed by atoms with Gasteiger partial charge in [0.1, 0.15) is 23.9 Å². The number of imidazole rings is 1. The Morgan fingerprint density at radius 1 is 1.07 bits per heavy atom. The summed E-state index contributed by atoms with van der Waals surface area (Å²) in [6.07, 6.45) is -8.74. The number of aryl methyl sites for hydroxylation is 2. The van der Waals surface area contributed by atoms with Crippen molar-refractivity contribution in [2.45, 2.75) is 51.9 Å². The number of hydrogen-bond acceptors (Lipinski definition) is 6. The van der Waals surface area contributed by atoms with E-state index in [-0.39, 0.29) is 28.5 Å². The normalized spacial score (nSPS) is 12.7. The second kappa shape index (κ2) is 13.3. The molecule has 2 amide bonds. The van der Waals surface area contributed by atoms with Gasteiger partial charge in [-0.05, 0) is 32.9 Å². The maximum absolute atomic E-state index is 14.0. The van der Waals surface area contributed by atoms with Crippen LogP contribution in [0.25, 0.3) is 5.65 Å². The third kappa shape index (κ3) is 8.93. The monoisotopic (exact) mass is 611 g/mol. The van der Waals surface area contributed by atoms with Crippen molar-refractivity contribution < 1.29 is 60.1 Å². The molecule has 0 aliphatic rings. The van der Waals surface area contributed by atoms with E-state index < -0.39 is 67.3 Å². The summed E-state index contributed by atoms with van der Waals surface area (Å²) in [5.41, 5.74) is -1.18. The summed E-state index contributed by atoms with van der Waals surface area (Å²) in [5, 5.41) is 20.6. The molecule has 0 saturated heterocycles. The number of benzene rings is 1. The van der Waals surface area contributed by atoms with Crippen molar-refractivity contribution in [1.29, 1.82) is 0 Å². The number of amides is 2. The molecule has 0 radical (unpaired) electrons. The summed E-state index contributed by atoms with van der Waals surface area (Å²) in [6, 6.07) is 3.40. The van der Waals surface area contributed by atoms with Crippen molar-refractivity contribution in [3.63, 3.8) is 0 Å². The minimum atomic E-state index is -5.08. The lowest BCUT2D eigenvalue weighted by Gasteiger charge is -2.29. The van der Waals surface area contributed by atoms with Gasteiger partial charge in [0.05, 0.1) is 22.5 Å². The van der Waals surface area contributed by atoms with Crippen LogP contribution in [0.3, 0.4) is 0 Å². The van der Waals surface area contributed by atoms with Crippen LogP contribution in [-0.2, 0) is 11.4 Å². The van der Waals surface area contributed by atoms with Crippen molar-refractivity contribution in [3.05, 3.63) is 58.7 Å². The topological polar surface area (TPSA) is 155 Å². The lowest BCUT2D eigenvalue weighted by molar-refractivity contribution is -0.192. The SMILES string of the molecule is Cc1cn2c(C(=O)NCC(C)(CC(F)F)NC(=O)O)c(C)nc2c(OCc2c(F)cccc2F)n1.O=C(O)C(F)(F)F. The fraction of sp³-hybridized carbons (Fsp3) is 0.375. The predicted octanol–water partition coefficient (Wildman–Crippen LogP) is 4.25. The van der Waals surface area contributed by atoms with Crippen LogP contribution in [-0.4, -0.2) is 67.2 Å². The molecule has 230 valence electrons. The molecule has 3 rings (SSSR count). The lowest BCUT2D eigenvalue weighted by atomic mass is 9.98. The molecule has 11 nitrogen and oxygen atoms in total. The highest BCUT2D eigenvalue weighted by atomic mass is 19.4. The summed E-state index contributed by atoms with van der Waals surface area (Å²) < 4.78 is 92.5. The molecular weight excluding hydrogens is 587 g/mol. The Morgan fingerprint density at radius 2 is 1.64 bits per heavy atom. The second-order valence-corrected chi connectivity index (χ2v) is 8.99. The number of ether oxygens (including phenoxy) is 1. The number of carboxylic acid groups (broad SMARTS) is 2. The number of fused-ring (bicyclic) bond motifs is 1.